The Morgan fingerprint density at radius 2 is 1.97 bits per heavy atom. The Kier molecular flexibility index (Phi) is 6.35. The number of ether oxygens (including phenoxy) is 5. The van der Waals surface area contributed by atoms with Crippen molar-refractivity contribution in [1.29, 1.82) is 0 Å². The molecule has 3 heterocycles. The van der Waals surface area contributed by atoms with Crippen molar-refractivity contribution in [1.82, 2.24) is 0 Å². The number of allylic oxidation sites excluding steroid dienone is 1. The van der Waals surface area contributed by atoms with Crippen LogP contribution in [0.3, 0.4) is 0 Å². The quantitative estimate of drug-likeness (QED) is 0.217. The first-order chi connectivity index (χ1) is 15.6. The third-order valence-corrected chi connectivity index (χ3v) is 6.39. The van der Waals surface area contributed by atoms with E-state index in [9.17, 15) is 35.1 Å². The lowest BCUT2D eigenvalue weighted by atomic mass is 9.78. The fourth-order valence-electron chi connectivity index (χ4n) is 4.62. The second kappa shape index (κ2) is 8.80. The fraction of sp³-hybridized carbons (Fsp3) is 0.619. The lowest BCUT2D eigenvalue weighted by Gasteiger charge is -2.44. The molecular weight excluding hydrogens is 444 g/mol. The zero-order valence-electron chi connectivity index (χ0n) is 17.8. The van der Waals surface area contributed by atoms with Crippen LogP contribution < -0.4 is 0 Å². The first-order valence-electron chi connectivity index (χ1n) is 10.4. The van der Waals surface area contributed by atoms with Gasteiger partial charge in [-0.1, -0.05) is 6.08 Å². The topological polar surface area (TPSA) is 181 Å². The number of rotatable bonds is 5. The molecule has 12 heteroatoms. The van der Waals surface area contributed by atoms with Gasteiger partial charge in [-0.2, -0.15) is 0 Å². The van der Waals surface area contributed by atoms with Crippen molar-refractivity contribution >= 4 is 11.9 Å². The van der Waals surface area contributed by atoms with Crippen LogP contribution in [0.4, 0.5) is 0 Å². The molecule has 1 saturated heterocycles. The van der Waals surface area contributed by atoms with Crippen LogP contribution in [-0.2, 0) is 33.3 Å². The molecule has 6 unspecified atom stereocenters. The largest absolute Gasteiger partial charge is 0.471 e. The van der Waals surface area contributed by atoms with Crippen molar-refractivity contribution in [3.05, 3.63) is 35.6 Å². The molecule has 0 radical (unpaired) electrons. The monoisotopic (exact) mass is 470 g/mol. The fourth-order valence-corrected chi connectivity index (χ4v) is 4.62. The lowest BCUT2D eigenvalue weighted by Crippen LogP contribution is -2.58. The molecule has 0 amide bonds. The van der Waals surface area contributed by atoms with Gasteiger partial charge in [0.05, 0.1) is 55.2 Å². The van der Waals surface area contributed by atoms with Crippen LogP contribution in [0, 0.1) is 17.8 Å². The molecule has 0 aromatic carbocycles. The van der Waals surface area contributed by atoms with Gasteiger partial charge in [0.2, 0.25) is 6.29 Å². The zero-order valence-corrected chi connectivity index (χ0v) is 17.8. The molecule has 1 spiro atoms. The van der Waals surface area contributed by atoms with E-state index in [0.717, 1.165) is 6.26 Å². The zero-order chi connectivity index (χ0) is 24.1. The third kappa shape index (κ3) is 3.87. The molecule has 0 saturated carbocycles. The van der Waals surface area contributed by atoms with E-state index in [2.05, 4.69) is 0 Å². The van der Waals surface area contributed by atoms with E-state index in [1.807, 2.05) is 0 Å². The van der Waals surface area contributed by atoms with Gasteiger partial charge in [0.1, 0.15) is 6.10 Å². The molecule has 4 rings (SSSR count). The smallest absolute Gasteiger partial charge is 0.337 e. The van der Waals surface area contributed by atoms with Crippen LogP contribution in [0.25, 0.3) is 0 Å². The Balaban J connectivity index is 1.69. The average molecular weight is 470 g/mol. The Hall–Kier alpha value is -2.32. The minimum Gasteiger partial charge on any atom is -0.471 e. The standard InChI is InChI=1S/C21H26O12/c1-8(23)10-5-21(33-17(10)27)4-3-9-12(16(26)29-2)7-30-20(13(9)21)32-19-11(6-22)14(24)15(25)18(28)31-19/h3-5,7-9,11,13-15,18-20,22-25,28H,6H2,1-2H3/t8-,9+,11?,13+,14?,15?,18?,19?,20-,21?/m0/s1. The third-order valence-electron chi connectivity index (χ3n) is 6.39. The van der Waals surface area contributed by atoms with E-state index in [4.69, 9.17) is 23.7 Å². The first kappa shape index (κ1) is 23.8. The predicted octanol–water partition coefficient (Wildman–Crippen LogP) is -2.17. The molecular formula is C21H26O12. The Morgan fingerprint density at radius 3 is 2.58 bits per heavy atom. The molecule has 12 nitrogen and oxygen atoms in total. The number of aliphatic hydroxyl groups is 5. The van der Waals surface area contributed by atoms with Crippen molar-refractivity contribution in [2.24, 2.45) is 17.8 Å². The molecule has 182 valence electrons. The van der Waals surface area contributed by atoms with Crippen molar-refractivity contribution in [3.8, 4) is 0 Å². The van der Waals surface area contributed by atoms with E-state index in [1.165, 1.54) is 20.1 Å². The van der Waals surface area contributed by atoms with E-state index < -0.39 is 79.1 Å². The molecule has 5 N–H and O–H groups in total. The van der Waals surface area contributed by atoms with Gasteiger partial charge < -0.3 is 49.2 Å². The van der Waals surface area contributed by atoms with Crippen LogP contribution in [0.5, 0.6) is 0 Å². The molecule has 10 atom stereocenters. The summed E-state index contributed by atoms with van der Waals surface area (Å²) in [6.45, 7) is 0.757. The summed E-state index contributed by atoms with van der Waals surface area (Å²) in [6.07, 6.45) is -3.08. The normalized spacial score (nSPS) is 42.8. The summed E-state index contributed by atoms with van der Waals surface area (Å²) in [5.74, 6) is -4.15. The van der Waals surface area contributed by atoms with Crippen LogP contribution in [0.1, 0.15) is 6.92 Å². The summed E-state index contributed by atoms with van der Waals surface area (Å²) >= 11 is 0. The Morgan fingerprint density at radius 1 is 1.24 bits per heavy atom. The molecule has 0 aromatic rings. The maximum absolute atomic E-state index is 12.4. The molecule has 33 heavy (non-hydrogen) atoms. The van der Waals surface area contributed by atoms with E-state index in [-0.39, 0.29) is 11.1 Å². The highest BCUT2D eigenvalue weighted by atomic mass is 16.8. The average Bonchev–Trinajstić information content (AvgIpc) is 3.32. The van der Waals surface area contributed by atoms with Crippen molar-refractivity contribution in [2.75, 3.05) is 13.7 Å². The molecule has 0 bridgehead atoms. The van der Waals surface area contributed by atoms with Gasteiger partial charge >= 0.3 is 11.9 Å². The lowest BCUT2D eigenvalue weighted by molar-refractivity contribution is -0.365. The highest BCUT2D eigenvalue weighted by molar-refractivity contribution is 5.94. The van der Waals surface area contributed by atoms with Crippen molar-refractivity contribution < 1.29 is 58.8 Å². The highest BCUT2D eigenvalue weighted by Crippen LogP contribution is 2.51. The number of aliphatic hydroxyl groups excluding tert-OH is 5. The summed E-state index contributed by atoms with van der Waals surface area (Å²) < 4.78 is 27.2. The molecule has 0 aromatic heterocycles. The number of carbonyl (C=O) groups excluding carboxylic acids is 2. The molecule has 3 aliphatic heterocycles. The van der Waals surface area contributed by atoms with Gasteiger partial charge in [0.15, 0.2) is 18.2 Å². The number of fused-ring (bicyclic) bond motifs is 2. The van der Waals surface area contributed by atoms with Gasteiger partial charge in [0, 0.05) is 5.92 Å². The maximum atomic E-state index is 12.4. The van der Waals surface area contributed by atoms with E-state index in [1.54, 1.807) is 12.2 Å². The van der Waals surface area contributed by atoms with Gasteiger partial charge in [-0.25, -0.2) is 9.59 Å². The molecule has 1 fully saturated rings. The summed E-state index contributed by atoms with van der Waals surface area (Å²) in [7, 11) is 1.20. The number of hydrogen-bond acceptors (Lipinski definition) is 12. The van der Waals surface area contributed by atoms with Crippen molar-refractivity contribution in [3.63, 3.8) is 0 Å². The molecule has 4 aliphatic rings. The van der Waals surface area contributed by atoms with Gasteiger partial charge in [-0.15, -0.1) is 0 Å². The van der Waals surface area contributed by atoms with Crippen LogP contribution >= 0.6 is 0 Å². The minimum atomic E-state index is -1.80. The second-order valence-corrected chi connectivity index (χ2v) is 8.36. The van der Waals surface area contributed by atoms with Gasteiger partial charge in [-0.3, -0.25) is 0 Å². The van der Waals surface area contributed by atoms with Gasteiger partial charge in [-0.05, 0) is 19.1 Å². The first-order valence-corrected chi connectivity index (χ1v) is 10.4. The maximum Gasteiger partial charge on any atom is 0.337 e. The van der Waals surface area contributed by atoms with Crippen LogP contribution in [-0.4, -0.2) is 94.0 Å². The van der Waals surface area contributed by atoms with E-state index in [0.29, 0.717) is 0 Å². The Bertz CT molecular complexity index is 894. The second-order valence-electron chi connectivity index (χ2n) is 8.36. The Labute approximate surface area is 188 Å². The van der Waals surface area contributed by atoms with E-state index >= 15 is 0 Å². The minimum absolute atomic E-state index is 0.0179. The van der Waals surface area contributed by atoms with Crippen LogP contribution in [0.2, 0.25) is 0 Å². The summed E-state index contributed by atoms with van der Waals surface area (Å²) in [6, 6.07) is 0. The highest BCUT2D eigenvalue weighted by Gasteiger charge is 2.59. The number of hydrogen-bond donors (Lipinski definition) is 5. The van der Waals surface area contributed by atoms with Crippen LogP contribution in [0.15, 0.2) is 35.6 Å². The SMILES string of the molecule is COC(=O)C1=CO[C@@H](OC2OC(O)C(O)C(O)C2CO)[C@H]2[C@@H]1C=CC21C=C([C@H](C)O)C(=O)O1. The van der Waals surface area contributed by atoms with Gasteiger partial charge in [0.25, 0.3) is 0 Å². The summed E-state index contributed by atoms with van der Waals surface area (Å²) in [5.41, 5.74) is -1.29. The molecule has 1 aliphatic carbocycles. The van der Waals surface area contributed by atoms with Crippen molar-refractivity contribution in [2.45, 2.75) is 49.7 Å². The predicted molar refractivity (Wildman–Crippen MR) is 104 cm³/mol. The summed E-state index contributed by atoms with van der Waals surface area (Å²) in [4.78, 5) is 24.7. The number of methoxy groups -OCH3 is 1. The number of carbonyl (C=O) groups is 2. The summed E-state index contributed by atoms with van der Waals surface area (Å²) in [5, 5.41) is 49.6. The number of esters is 2.